The third-order valence-corrected chi connectivity index (χ3v) is 6.06. The van der Waals surface area contributed by atoms with Crippen LogP contribution in [0.5, 0.6) is 11.5 Å². The van der Waals surface area contributed by atoms with Gasteiger partial charge in [-0.25, -0.2) is 4.98 Å². The standard InChI is InChI=1S/C24H29N3O3/c1-17-11-22-23(12-18(17)2)27(16-25-22)14-19-7-9-26(10-8-19)24(28)15-30-21-6-4-5-20(13-21)29-3/h4-6,11-13,16,19H,7-10,14-15H2,1-3H3. The fraction of sp³-hybridized carbons (Fsp3) is 0.417. The third kappa shape index (κ3) is 4.42. The van der Waals surface area contributed by atoms with Crippen LogP contribution in [0.25, 0.3) is 11.0 Å². The largest absolute Gasteiger partial charge is 0.497 e. The van der Waals surface area contributed by atoms with Gasteiger partial charge in [-0.3, -0.25) is 4.79 Å². The van der Waals surface area contributed by atoms with Gasteiger partial charge in [0.2, 0.25) is 0 Å². The number of likely N-dealkylation sites (tertiary alicyclic amines) is 1. The summed E-state index contributed by atoms with van der Waals surface area (Å²) in [6.07, 6.45) is 3.94. The topological polar surface area (TPSA) is 56.6 Å². The fourth-order valence-corrected chi connectivity index (χ4v) is 4.03. The lowest BCUT2D eigenvalue weighted by molar-refractivity contribution is -0.134. The Morgan fingerprint density at radius 1 is 1.10 bits per heavy atom. The normalized spacial score (nSPS) is 14.8. The van der Waals surface area contributed by atoms with E-state index in [1.165, 1.54) is 16.6 Å². The van der Waals surface area contributed by atoms with Crippen molar-refractivity contribution < 1.29 is 14.3 Å². The molecular formula is C24H29N3O3. The number of methoxy groups -OCH3 is 1. The number of fused-ring (bicyclic) bond motifs is 1. The van der Waals surface area contributed by atoms with Crippen molar-refractivity contribution in [1.82, 2.24) is 14.5 Å². The zero-order valence-corrected chi connectivity index (χ0v) is 17.9. The molecule has 0 atom stereocenters. The molecule has 0 spiro atoms. The number of carbonyl (C=O) groups is 1. The second-order valence-electron chi connectivity index (χ2n) is 8.11. The minimum atomic E-state index is 0.0375. The molecule has 3 aromatic rings. The van der Waals surface area contributed by atoms with Crippen molar-refractivity contribution in [3.05, 3.63) is 53.9 Å². The van der Waals surface area contributed by atoms with Gasteiger partial charge in [0, 0.05) is 25.7 Å². The minimum absolute atomic E-state index is 0.0375. The average molecular weight is 408 g/mol. The van der Waals surface area contributed by atoms with Crippen LogP contribution in [0.4, 0.5) is 0 Å². The molecule has 1 saturated heterocycles. The Kier molecular flexibility index (Phi) is 5.93. The molecule has 2 aromatic carbocycles. The van der Waals surface area contributed by atoms with Crippen molar-refractivity contribution in [3.63, 3.8) is 0 Å². The van der Waals surface area contributed by atoms with Crippen LogP contribution in [-0.2, 0) is 11.3 Å². The predicted molar refractivity (Wildman–Crippen MR) is 117 cm³/mol. The molecule has 6 nitrogen and oxygen atoms in total. The first-order valence-corrected chi connectivity index (χ1v) is 10.5. The number of aryl methyl sites for hydroxylation is 2. The van der Waals surface area contributed by atoms with Crippen LogP contribution >= 0.6 is 0 Å². The molecule has 0 aliphatic carbocycles. The van der Waals surface area contributed by atoms with Gasteiger partial charge in [-0.15, -0.1) is 0 Å². The molecule has 0 N–H and O–H groups in total. The number of piperidine rings is 1. The fourth-order valence-electron chi connectivity index (χ4n) is 4.03. The van der Waals surface area contributed by atoms with Crippen LogP contribution in [0, 0.1) is 19.8 Å². The van der Waals surface area contributed by atoms with Crippen LogP contribution in [0.15, 0.2) is 42.7 Å². The van der Waals surface area contributed by atoms with Gasteiger partial charge in [-0.1, -0.05) is 6.07 Å². The zero-order valence-electron chi connectivity index (χ0n) is 17.9. The average Bonchev–Trinajstić information content (AvgIpc) is 3.14. The highest BCUT2D eigenvalue weighted by Gasteiger charge is 2.24. The van der Waals surface area contributed by atoms with Gasteiger partial charge in [0.05, 0.1) is 24.5 Å². The first-order chi connectivity index (χ1) is 14.5. The summed E-state index contributed by atoms with van der Waals surface area (Å²) in [4.78, 5) is 19.0. The van der Waals surface area contributed by atoms with Crippen molar-refractivity contribution >= 4 is 16.9 Å². The molecule has 158 valence electrons. The molecule has 1 aliphatic heterocycles. The van der Waals surface area contributed by atoms with Crippen molar-refractivity contribution in [3.8, 4) is 11.5 Å². The third-order valence-electron chi connectivity index (χ3n) is 6.06. The molecule has 1 aromatic heterocycles. The quantitative estimate of drug-likeness (QED) is 0.620. The Bertz CT molecular complexity index is 1040. The first kappa shape index (κ1) is 20.3. The predicted octanol–water partition coefficient (Wildman–Crippen LogP) is 3.98. The minimum Gasteiger partial charge on any atom is -0.497 e. The Hall–Kier alpha value is -3.02. The van der Waals surface area contributed by atoms with Crippen molar-refractivity contribution in [2.45, 2.75) is 33.2 Å². The maximum absolute atomic E-state index is 12.5. The Labute approximate surface area is 177 Å². The molecule has 1 aliphatic rings. The first-order valence-electron chi connectivity index (χ1n) is 10.5. The highest BCUT2D eigenvalue weighted by molar-refractivity contribution is 5.78. The van der Waals surface area contributed by atoms with E-state index in [0.717, 1.165) is 43.7 Å². The number of benzene rings is 2. The molecule has 0 unspecified atom stereocenters. The number of rotatable bonds is 6. The van der Waals surface area contributed by atoms with Crippen LogP contribution < -0.4 is 9.47 Å². The highest BCUT2D eigenvalue weighted by atomic mass is 16.5. The summed E-state index contributed by atoms with van der Waals surface area (Å²) in [6.45, 7) is 6.82. The summed E-state index contributed by atoms with van der Waals surface area (Å²) in [5.41, 5.74) is 4.82. The van der Waals surface area contributed by atoms with E-state index in [1.54, 1.807) is 13.2 Å². The van der Waals surface area contributed by atoms with Crippen molar-refractivity contribution in [2.24, 2.45) is 5.92 Å². The van der Waals surface area contributed by atoms with E-state index in [9.17, 15) is 4.79 Å². The summed E-state index contributed by atoms with van der Waals surface area (Å²) in [6, 6.07) is 11.7. The van der Waals surface area contributed by atoms with Gasteiger partial charge in [0.15, 0.2) is 6.61 Å². The number of aromatic nitrogens is 2. The second-order valence-corrected chi connectivity index (χ2v) is 8.11. The lowest BCUT2D eigenvalue weighted by Crippen LogP contribution is -2.41. The molecular weight excluding hydrogens is 378 g/mol. The molecule has 0 saturated carbocycles. The van der Waals surface area contributed by atoms with E-state index in [4.69, 9.17) is 9.47 Å². The second kappa shape index (κ2) is 8.78. The van der Waals surface area contributed by atoms with Crippen LogP contribution in [0.3, 0.4) is 0 Å². The van der Waals surface area contributed by atoms with Crippen LogP contribution in [0.2, 0.25) is 0 Å². The van der Waals surface area contributed by atoms with E-state index in [-0.39, 0.29) is 12.5 Å². The number of carbonyl (C=O) groups excluding carboxylic acids is 1. The van der Waals surface area contributed by atoms with Gasteiger partial charge >= 0.3 is 0 Å². The van der Waals surface area contributed by atoms with Crippen LogP contribution in [0.1, 0.15) is 24.0 Å². The number of ether oxygens (including phenoxy) is 2. The van der Waals surface area contributed by atoms with E-state index in [0.29, 0.717) is 11.7 Å². The molecule has 0 radical (unpaired) electrons. The Balaban J connectivity index is 1.29. The molecule has 1 amide bonds. The van der Waals surface area contributed by atoms with Gasteiger partial charge in [-0.05, 0) is 68.0 Å². The van der Waals surface area contributed by atoms with Gasteiger partial charge in [0.1, 0.15) is 11.5 Å². The lowest BCUT2D eigenvalue weighted by Gasteiger charge is -2.32. The zero-order chi connectivity index (χ0) is 21.1. The lowest BCUT2D eigenvalue weighted by atomic mass is 9.96. The molecule has 1 fully saturated rings. The Morgan fingerprint density at radius 2 is 1.83 bits per heavy atom. The monoisotopic (exact) mass is 407 g/mol. The molecule has 2 heterocycles. The van der Waals surface area contributed by atoms with E-state index in [2.05, 4.69) is 35.5 Å². The molecule has 4 rings (SSSR count). The maximum atomic E-state index is 12.5. The maximum Gasteiger partial charge on any atom is 0.260 e. The van der Waals surface area contributed by atoms with Crippen LogP contribution in [-0.4, -0.2) is 47.2 Å². The van der Waals surface area contributed by atoms with Crippen molar-refractivity contribution in [1.29, 1.82) is 0 Å². The smallest absolute Gasteiger partial charge is 0.260 e. The van der Waals surface area contributed by atoms with E-state index in [1.807, 2.05) is 29.4 Å². The van der Waals surface area contributed by atoms with Gasteiger partial charge < -0.3 is 18.9 Å². The van der Waals surface area contributed by atoms with E-state index >= 15 is 0 Å². The summed E-state index contributed by atoms with van der Waals surface area (Å²) in [5, 5.41) is 0. The summed E-state index contributed by atoms with van der Waals surface area (Å²) < 4.78 is 13.1. The summed E-state index contributed by atoms with van der Waals surface area (Å²) >= 11 is 0. The number of hydrogen-bond donors (Lipinski definition) is 0. The van der Waals surface area contributed by atoms with Gasteiger partial charge in [-0.2, -0.15) is 0 Å². The summed E-state index contributed by atoms with van der Waals surface area (Å²) in [7, 11) is 1.61. The van der Waals surface area contributed by atoms with E-state index < -0.39 is 0 Å². The highest BCUT2D eigenvalue weighted by Crippen LogP contribution is 2.24. The number of amides is 1. The SMILES string of the molecule is COc1cccc(OCC(=O)N2CCC(Cn3cnc4cc(C)c(C)cc43)CC2)c1. The molecule has 6 heteroatoms. The van der Waals surface area contributed by atoms with Crippen molar-refractivity contribution in [2.75, 3.05) is 26.8 Å². The molecule has 30 heavy (non-hydrogen) atoms. The van der Waals surface area contributed by atoms with Gasteiger partial charge in [0.25, 0.3) is 5.91 Å². The number of nitrogens with zero attached hydrogens (tertiary/aromatic N) is 3. The summed E-state index contributed by atoms with van der Waals surface area (Å²) in [5.74, 6) is 1.95. The Morgan fingerprint density at radius 3 is 2.60 bits per heavy atom. The number of imidazole rings is 1. The number of hydrogen-bond acceptors (Lipinski definition) is 4. The molecule has 0 bridgehead atoms.